The molecule has 1 aliphatic rings. The molecular weight excluding hydrogens is 317 g/mol. The van der Waals surface area contributed by atoms with Gasteiger partial charge in [0, 0.05) is 6.04 Å². The van der Waals surface area contributed by atoms with Crippen molar-refractivity contribution in [2.75, 3.05) is 0 Å². The number of nitrogens with one attached hydrogen (secondary N) is 1. The lowest BCUT2D eigenvalue weighted by Gasteiger charge is -2.19. The van der Waals surface area contributed by atoms with Crippen LogP contribution >= 0.6 is 23.2 Å². The third kappa shape index (κ3) is 3.63. The van der Waals surface area contributed by atoms with E-state index in [1.807, 2.05) is 18.2 Å². The highest BCUT2D eigenvalue weighted by molar-refractivity contribution is 6.43. The zero-order chi connectivity index (χ0) is 15.5. The molecule has 1 aliphatic carbocycles. The van der Waals surface area contributed by atoms with Crippen LogP contribution in [-0.4, -0.2) is 11.9 Å². The number of amides is 1. The number of benzene rings is 2. The standard InChI is InChI=1S/C18H17Cl2NO/c19-15-8-4-7-14(17(15)20)18(22)21-16(13-9-10-13)11-12-5-2-1-3-6-12/h1-8,13,16H,9-11H2,(H,21,22). The van der Waals surface area contributed by atoms with Gasteiger partial charge in [-0.05, 0) is 42.9 Å². The highest BCUT2D eigenvalue weighted by atomic mass is 35.5. The van der Waals surface area contributed by atoms with Crippen LogP contribution < -0.4 is 5.32 Å². The fourth-order valence-corrected chi connectivity index (χ4v) is 3.01. The van der Waals surface area contributed by atoms with Crippen LogP contribution in [-0.2, 0) is 6.42 Å². The molecular formula is C18H17Cl2NO. The normalized spacial score (nSPS) is 15.4. The molecule has 0 saturated heterocycles. The molecule has 2 nitrogen and oxygen atoms in total. The molecule has 2 aromatic carbocycles. The van der Waals surface area contributed by atoms with Gasteiger partial charge < -0.3 is 5.32 Å². The van der Waals surface area contributed by atoms with Crippen LogP contribution in [0.25, 0.3) is 0 Å². The number of carbonyl (C=O) groups excluding carboxylic acids is 1. The molecule has 1 saturated carbocycles. The van der Waals surface area contributed by atoms with E-state index in [-0.39, 0.29) is 11.9 Å². The summed E-state index contributed by atoms with van der Waals surface area (Å²) < 4.78 is 0. The van der Waals surface area contributed by atoms with E-state index in [4.69, 9.17) is 23.2 Å². The summed E-state index contributed by atoms with van der Waals surface area (Å²) in [7, 11) is 0. The van der Waals surface area contributed by atoms with Gasteiger partial charge in [0.1, 0.15) is 0 Å². The monoisotopic (exact) mass is 333 g/mol. The Bertz CT molecular complexity index is 668. The molecule has 2 aromatic rings. The second kappa shape index (κ2) is 6.72. The van der Waals surface area contributed by atoms with Crippen LogP contribution in [0.4, 0.5) is 0 Å². The van der Waals surface area contributed by atoms with E-state index >= 15 is 0 Å². The SMILES string of the molecule is O=C(NC(Cc1ccccc1)C1CC1)c1cccc(Cl)c1Cl. The number of halogens is 2. The molecule has 1 N–H and O–H groups in total. The molecule has 0 heterocycles. The Kier molecular flexibility index (Phi) is 4.70. The van der Waals surface area contributed by atoms with Gasteiger partial charge in [0.15, 0.2) is 0 Å². The van der Waals surface area contributed by atoms with E-state index in [0.717, 1.165) is 6.42 Å². The smallest absolute Gasteiger partial charge is 0.253 e. The van der Waals surface area contributed by atoms with Crippen molar-refractivity contribution in [1.29, 1.82) is 0 Å². The quantitative estimate of drug-likeness (QED) is 0.840. The van der Waals surface area contributed by atoms with Crippen LogP contribution in [0, 0.1) is 5.92 Å². The van der Waals surface area contributed by atoms with Crippen molar-refractivity contribution >= 4 is 29.1 Å². The van der Waals surface area contributed by atoms with E-state index < -0.39 is 0 Å². The van der Waals surface area contributed by atoms with Crippen LogP contribution in [0.15, 0.2) is 48.5 Å². The summed E-state index contributed by atoms with van der Waals surface area (Å²) in [6.07, 6.45) is 3.18. The molecule has 1 atom stereocenters. The van der Waals surface area contributed by atoms with Crippen LogP contribution in [0.5, 0.6) is 0 Å². The van der Waals surface area contributed by atoms with E-state index in [0.29, 0.717) is 21.5 Å². The van der Waals surface area contributed by atoms with Crippen LogP contribution in [0.1, 0.15) is 28.8 Å². The van der Waals surface area contributed by atoms with Crippen molar-refractivity contribution in [1.82, 2.24) is 5.32 Å². The van der Waals surface area contributed by atoms with Gasteiger partial charge in [0.2, 0.25) is 0 Å². The van der Waals surface area contributed by atoms with Gasteiger partial charge in [-0.25, -0.2) is 0 Å². The van der Waals surface area contributed by atoms with Crippen molar-refractivity contribution < 1.29 is 4.79 Å². The fourth-order valence-electron chi connectivity index (χ4n) is 2.63. The van der Waals surface area contributed by atoms with E-state index in [9.17, 15) is 4.79 Å². The summed E-state index contributed by atoms with van der Waals surface area (Å²) in [6.45, 7) is 0. The van der Waals surface area contributed by atoms with Gasteiger partial charge in [0.05, 0.1) is 15.6 Å². The van der Waals surface area contributed by atoms with E-state index in [1.165, 1.54) is 18.4 Å². The topological polar surface area (TPSA) is 29.1 Å². The molecule has 1 amide bonds. The average Bonchev–Trinajstić information content (AvgIpc) is 3.35. The molecule has 0 radical (unpaired) electrons. The van der Waals surface area contributed by atoms with Crippen molar-refractivity contribution in [2.45, 2.75) is 25.3 Å². The molecule has 0 bridgehead atoms. The minimum absolute atomic E-state index is 0.143. The summed E-state index contributed by atoms with van der Waals surface area (Å²) in [5, 5.41) is 3.85. The summed E-state index contributed by atoms with van der Waals surface area (Å²) >= 11 is 12.1. The molecule has 0 spiro atoms. The van der Waals surface area contributed by atoms with Gasteiger partial charge in [-0.1, -0.05) is 59.6 Å². The van der Waals surface area contributed by atoms with Gasteiger partial charge in [-0.2, -0.15) is 0 Å². The largest absolute Gasteiger partial charge is 0.349 e. The number of rotatable bonds is 5. The van der Waals surface area contributed by atoms with Gasteiger partial charge in [-0.15, -0.1) is 0 Å². The summed E-state index contributed by atoms with van der Waals surface area (Å²) in [5.74, 6) is 0.405. The van der Waals surface area contributed by atoms with Crippen molar-refractivity contribution in [2.24, 2.45) is 5.92 Å². The van der Waals surface area contributed by atoms with E-state index in [1.54, 1.807) is 18.2 Å². The minimum atomic E-state index is -0.152. The Balaban J connectivity index is 1.74. The number of hydrogen-bond donors (Lipinski definition) is 1. The Morgan fingerprint density at radius 3 is 2.50 bits per heavy atom. The Labute approximate surface area is 140 Å². The molecule has 114 valence electrons. The van der Waals surface area contributed by atoms with Gasteiger partial charge >= 0.3 is 0 Å². The average molecular weight is 334 g/mol. The first-order valence-electron chi connectivity index (χ1n) is 7.44. The molecule has 4 heteroatoms. The Morgan fingerprint density at radius 1 is 1.09 bits per heavy atom. The van der Waals surface area contributed by atoms with Crippen molar-refractivity contribution in [3.05, 3.63) is 69.7 Å². The first-order chi connectivity index (χ1) is 10.6. The Hall–Kier alpha value is -1.51. The first kappa shape index (κ1) is 15.4. The Morgan fingerprint density at radius 2 is 1.82 bits per heavy atom. The maximum atomic E-state index is 12.5. The molecule has 3 rings (SSSR count). The zero-order valence-electron chi connectivity index (χ0n) is 12.1. The zero-order valence-corrected chi connectivity index (χ0v) is 13.6. The summed E-state index contributed by atoms with van der Waals surface area (Å²) in [5.41, 5.74) is 1.67. The van der Waals surface area contributed by atoms with Crippen LogP contribution in [0.3, 0.4) is 0 Å². The predicted octanol–water partition coefficient (Wildman–Crippen LogP) is 4.74. The first-order valence-corrected chi connectivity index (χ1v) is 8.19. The lowest BCUT2D eigenvalue weighted by Crippen LogP contribution is -2.38. The third-order valence-corrected chi connectivity index (χ3v) is 4.82. The van der Waals surface area contributed by atoms with Gasteiger partial charge in [-0.3, -0.25) is 4.79 Å². The fraction of sp³-hybridized carbons (Fsp3) is 0.278. The number of hydrogen-bond acceptors (Lipinski definition) is 1. The summed E-state index contributed by atoms with van der Waals surface area (Å²) in [4.78, 5) is 12.5. The van der Waals surface area contributed by atoms with E-state index in [2.05, 4.69) is 17.4 Å². The molecule has 0 aromatic heterocycles. The minimum Gasteiger partial charge on any atom is -0.349 e. The summed E-state index contributed by atoms with van der Waals surface area (Å²) in [6, 6.07) is 15.5. The second-order valence-electron chi connectivity index (χ2n) is 5.71. The molecule has 1 unspecified atom stereocenters. The lowest BCUT2D eigenvalue weighted by molar-refractivity contribution is 0.0932. The van der Waals surface area contributed by atoms with Crippen molar-refractivity contribution in [3.63, 3.8) is 0 Å². The third-order valence-electron chi connectivity index (χ3n) is 4.00. The van der Waals surface area contributed by atoms with Crippen LogP contribution in [0.2, 0.25) is 10.0 Å². The highest BCUT2D eigenvalue weighted by Gasteiger charge is 2.32. The molecule has 1 fully saturated rings. The molecule has 0 aliphatic heterocycles. The van der Waals surface area contributed by atoms with Gasteiger partial charge in [0.25, 0.3) is 5.91 Å². The van der Waals surface area contributed by atoms with Crippen molar-refractivity contribution in [3.8, 4) is 0 Å². The second-order valence-corrected chi connectivity index (χ2v) is 6.49. The highest BCUT2D eigenvalue weighted by Crippen LogP contribution is 2.34. The maximum absolute atomic E-state index is 12.5. The predicted molar refractivity (Wildman–Crippen MR) is 90.6 cm³/mol. The maximum Gasteiger partial charge on any atom is 0.253 e. The lowest BCUT2D eigenvalue weighted by atomic mass is 10.0. The molecule has 22 heavy (non-hydrogen) atoms. The number of carbonyl (C=O) groups is 1.